The minimum Gasteiger partial charge on any atom is -0.486 e. The predicted molar refractivity (Wildman–Crippen MR) is 73.9 cm³/mol. The lowest BCUT2D eigenvalue weighted by atomic mass is 10.3. The van der Waals surface area contributed by atoms with Gasteiger partial charge in [0.25, 0.3) is 0 Å². The summed E-state index contributed by atoms with van der Waals surface area (Å²) < 4.78 is 7.83. The van der Waals surface area contributed by atoms with Crippen LogP contribution in [0.4, 0.5) is 0 Å². The van der Waals surface area contributed by atoms with E-state index in [1.165, 1.54) is 0 Å². The molecule has 0 saturated heterocycles. The molecule has 0 bridgehead atoms. The molecule has 0 aliphatic rings. The molecule has 2 rings (SSSR count). The van der Waals surface area contributed by atoms with Crippen molar-refractivity contribution >= 4 is 0 Å². The van der Waals surface area contributed by atoms with E-state index >= 15 is 0 Å². The van der Waals surface area contributed by atoms with Gasteiger partial charge in [-0.25, -0.2) is 4.98 Å². The molecule has 2 heterocycles. The molecule has 0 aliphatic heterocycles. The van der Waals surface area contributed by atoms with Gasteiger partial charge in [-0.15, -0.1) is 0 Å². The highest BCUT2D eigenvalue weighted by Crippen LogP contribution is 2.14. The molecule has 1 N–H and O–H groups in total. The number of ether oxygens (including phenoxy) is 1. The van der Waals surface area contributed by atoms with Crippen LogP contribution in [0.15, 0.2) is 30.9 Å². The second-order valence-corrected chi connectivity index (χ2v) is 4.69. The number of nitrogens with zero attached hydrogens (tertiary/aromatic N) is 3. The number of imidazole rings is 1. The summed E-state index contributed by atoms with van der Waals surface area (Å²) in [5.74, 6) is 0.774. The van der Waals surface area contributed by atoms with Gasteiger partial charge in [-0.2, -0.15) is 0 Å². The summed E-state index contributed by atoms with van der Waals surface area (Å²) in [5.41, 5.74) is 2.07. The van der Waals surface area contributed by atoms with E-state index in [0.29, 0.717) is 12.6 Å². The minimum absolute atomic E-state index is 0.386. The Labute approximate surface area is 113 Å². The Morgan fingerprint density at radius 3 is 2.79 bits per heavy atom. The Morgan fingerprint density at radius 2 is 2.16 bits per heavy atom. The third-order valence-corrected chi connectivity index (χ3v) is 2.84. The first-order chi connectivity index (χ1) is 9.20. The van der Waals surface area contributed by atoms with E-state index in [-0.39, 0.29) is 0 Å². The van der Waals surface area contributed by atoms with E-state index in [0.717, 1.165) is 23.7 Å². The molecular weight excluding hydrogens is 240 g/mol. The lowest BCUT2D eigenvalue weighted by molar-refractivity contribution is 0.291. The molecule has 5 heteroatoms. The summed E-state index contributed by atoms with van der Waals surface area (Å²) in [6, 6.07) is 4.29. The van der Waals surface area contributed by atoms with Crippen LogP contribution in [-0.4, -0.2) is 21.6 Å². The summed E-state index contributed by atoms with van der Waals surface area (Å²) in [6.45, 7) is 5.52. The van der Waals surface area contributed by atoms with E-state index in [2.05, 4.69) is 33.7 Å². The molecule has 5 nitrogen and oxygen atoms in total. The molecular formula is C14H20N4O. The number of rotatable bonds is 6. The van der Waals surface area contributed by atoms with Gasteiger partial charge in [0.1, 0.15) is 12.4 Å². The van der Waals surface area contributed by atoms with Crippen molar-refractivity contribution in [3.05, 3.63) is 42.2 Å². The standard InChI is InChI=1S/C14H20N4O/c1-11(2)18-10-16-7-13(18)9-19-14-5-4-12(6-15-3)17-8-14/h4-5,7-8,10-11,15H,6,9H2,1-3H3. The van der Waals surface area contributed by atoms with Crippen LogP contribution in [0.3, 0.4) is 0 Å². The Kier molecular flexibility index (Phi) is 4.52. The third kappa shape index (κ3) is 3.54. The zero-order chi connectivity index (χ0) is 13.7. The molecule has 0 amide bonds. The smallest absolute Gasteiger partial charge is 0.138 e. The van der Waals surface area contributed by atoms with Gasteiger partial charge >= 0.3 is 0 Å². The highest BCUT2D eigenvalue weighted by Gasteiger charge is 2.06. The van der Waals surface area contributed by atoms with E-state index in [1.807, 2.05) is 31.7 Å². The van der Waals surface area contributed by atoms with Gasteiger partial charge < -0.3 is 14.6 Å². The van der Waals surface area contributed by atoms with Crippen LogP contribution in [0.2, 0.25) is 0 Å². The minimum atomic E-state index is 0.386. The molecule has 0 aliphatic carbocycles. The van der Waals surface area contributed by atoms with Gasteiger partial charge in [-0.05, 0) is 33.0 Å². The van der Waals surface area contributed by atoms with Crippen LogP contribution < -0.4 is 10.1 Å². The average molecular weight is 260 g/mol. The largest absolute Gasteiger partial charge is 0.486 e. The molecule has 0 radical (unpaired) electrons. The van der Waals surface area contributed by atoms with Crippen LogP contribution in [0, 0.1) is 0 Å². The highest BCUT2D eigenvalue weighted by atomic mass is 16.5. The van der Waals surface area contributed by atoms with Gasteiger partial charge in [0.05, 0.1) is 30.1 Å². The Morgan fingerprint density at radius 1 is 1.32 bits per heavy atom. The fraction of sp³-hybridized carbons (Fsp3) is 0.429. The van der Waals surface area contributed by atoms with Crippen molar-refractivity contribution < 1.29 is 4.74 Å². The summed E-state index contributed by atoms with van der Waals surface area (Å²) >= 11 is 0. The fourth-order valence-corrected chi connectivity index (χ4v) is 1.85. The molecule has 0 unspecified atom stereocenters. The van der Waals surface area contributed by atoms with Crippen LogP contribution in [0.1, 0.15) is 31.3 Å². The van der Waals surface area contributed by atoms with E-state index in [9.17, 15) is 0 Å². The second-order valence-electron chi connectivity index (χ2n) is 4.69. The van der Waals surface area contributed by atoms with Crippen molar-refractivity contribution in [3.63, 3.8) is 0 Å². The fourth-order valence-electron chi connectivity index (χ4n) is 1.85. The number of aromatic nitrogens is 3. The number of pyridine rings is 1. The number of hydrogen-bond acceptors (Lipinski definition) is 4. The lowest BCUT2D eigenvalue weighted by Gasteiger charge is -2.12. The van der Waals surface area contributed by atoms with Crippen molar-refractivity contribution in [3.8, 4) is 5.75 Å². The van der Waals surface area contributed by atoms with Crippen LogP contribution in [-0.2, 0) is 13.2 Å². The van der Waals surface area contributed by atoms with Crippen molar-refractivity contribution in [2.75, 3.05) is 7.05 Å². The summed E-state index contributed by atoms with van der Waals surface area (Å²) in [7, 11) is 1.90. The van der Waals surface area contributed by atoms with E-state index < -0.39 is 0 Å². The molecule has 2 aromatic rings. The summed E-state index contributed by atoms with van der Waals surface area (Å²) in [5, 5.41) is 3.06. The predicted octanol–water partition coefficient (Wildman–Crippen LogP) is 2.16. The van der Waals surface area contributed by atoms with Crippen molar-refractivity contribution in [2.45, 2.75) is 33.0 Å². The van der Waals surface area contributed by atoms with Crippen LogP contribution >= 0.6 is 0 Å². The Hall–Kier alpha value is -1.88. The van der Waals surface area contributed by atoms with Crippen molar-refractivity contribution in [1.82, 2.24) is 19.9 Å². The zero-order valence-electron chi connectivity index (χ0n) is 11.6. The van der Waals surface area contributed by atoms with Crippen molar-refractivity contribution in [1.29, 1.82) is 0 Å². The van der Waals surface area contributed by atoms with Crippen LogP contribution in [0.5, 0.6) is 5.75 Å². The topological polar surface area (TPSA) is 52.0 Å². The third-order valence-electron chi connectivity index (χ3n) is 2.84. The molecule has 0 atom stereocenters. The normalized spacial score (nSPS) is 10.9. The van der Waals surface area contributed by atoms with Crippen molar-refractivity contribution in [2.24, 2.45) is 0 Å². The molecule has 0 fully saturated rings. The molecule has 19 heavy (non-hydrogen) atoms. The molecule has 2 aromatic heterocycles. The molecule has 102 valence electrons. The van der Waals surface area contributed by atoms with Gasteiger partial charge in [-0.3, -0.25) is 4.98 Å². The average Bonchev–Trinajstić information content (AvgIpc) is 2.87. The molecule has 0 aromatic carbocycles. The summed E-state index contributed by atoms with van der Waals surface area (Å²) in [6.07, 6.45) is 5.42. The maximum absolute atomic E-state index is 5.73. The quantitative estimate of drug-likeness (QED) is 0.864. The van der Waals surface area contributed by atoms with Crippen LogP contribution in [0.25, 0.3) is 0 Å². The van der Waals surface area contributed by atoms with Gasteiger partial charge in [0.2, 0.25) is 0 Å². The van der Waals surface area contributed by atoms with Gasteiger partial charge in [-0.1, -0.05) is 0 Å². The first-order valence-electron chi connectivity index (χ1n) is 6.43. The first kappa shape index (κ1) is 13.5. The monoisotopic (exact) mass is 260 g/mol. The SMILES string of the molecule is CNCc1ccc(OCc2cncn2C(C)C)cn1. The zero-order valence-corrected chi connectivity index (χ0v) is 11.6. The van der Waals surface area contributed by atoms with Gasteiger partial charge in [0.15, 0.2) is 0 Å². The Bertz CT molecular complexity index is 504. The molecule has 0 spiro atoms. The van der Waals surface area contributed by atoms with E-state index in [4.69, 9.17) is 4.74 Å². The maximum Gasteiger partial charge on any atom is 0.138 e. The maximum atomic E-state index is 5.73. The second kappa shape index (κ2) is 6.33. The summed E-state index contributed by atoms with van der Waals surface area (Å²) in [4.78, 5) is 8.47. The van der Waals surface area contributed by atoms with Gasteiger partial charge in [0, 0.05) is 12.6 Å². The first-order valence-corrected chi connectivity index (χ1v) is 6.43. The lowest BCUT2D eigenvalue weighted by Crippen LogP contribution is -2.08. The van der Waals surface area contributed by atoms with E-state index in [1.54, 1.807) is 6.20 Å². The molecule has 0 saturated carbocycles. The number of hydrogen-bond donors (Lipinski definition) is 1. The highest BCUT2D eigenvalue weighted by molar-refractivity contribution is 5.20. The Balaban J connectivity index is 1.96. The number of nitrogens with one attached hydrogen (secondary N) is 1.